The van der Waals surface area contributed by atoms with Gasteiger partial charge in [0.25, 0.3) is 6.43 Å². The second kappa shape index (κ2) is 7.21. The molecule has 0 atom stereocenters. The second-order valence-corrected chi connectivity index (χ2v) is 6.29. The molecule has 25 heavy (non-hydrogen) atoms. The Balaban J connectivity index is 1.63. The van der Waals surface area contributed by atoms with Crippen LogP contribution in [-0.2, 0) is 33.0 Å². The van der Waals surface area contributed by atoms with Crippen molar-refractivity contribution in [1.29, 1.82) is 0 Å². The number of hydrogen-bond donors (Lipinski definition) is 1. The minimum absolute atomic E-state index is 0.00250. The highest BCUT2D eigenvalue weighted by atomic mass is 19.3. The molecule has 134 valence electrons. The van der Waals surface area contributed by atoms with E-state index in [0.717, 1.165) is 18.4 Å². The summed E-state index contributed by atoms with van der Waals surface area (Å²) in [5, 5.41) is 6.72. The van der Waals surface area contributed by atoms with Crippen LogP contribution in [0.4, 0.5) is 13.6 Å². The van der Waals surface area contributed by atoms with Crippen LogP contribution in [0.25, 0.3) is 0 Å². The summed E-state index contributed by atoms with van der Waals surface area (Å²) in [6.07, 6.45) is 0.487. The van der Waals surface area contributed by atoms with Crippen LogP contribution in [0.3, 0.4) is 0 Å². The highest BCUT2D eigenvalue weighted by Gasteiger charge is 2.22. The van der Waals surface area contributed by atoms with Crippen LogP contribution in [0.15, 0.2) is 24.4 Å². The fourth-order valence-electron chi connectivity index (χ4n) is 3.14. The van der Waals surface area contributed by atoms with Crippen molar-refractivity contribution in [3.63, 3.8) is 0 Å². The van der Waals surface area contributed by atoms with Crippen LogP contribution < -0.4 is 5.32 Å². The molecule has 5 nitrogen and oxygen atoms in total. The van der Waals surface area contributed by atoms with Crippen LogP contribution >= 0.6 is 0 Å². The minimum Gasteiger partial charge on any atom is -0.332 e. The molecule has 0 saturated heterocycles. The third-order valence-corrected chi connectivity index (χ3v) is 4.56. The SMILES string of the molecule is CCc1ccc2c(c1)CCN(C(=O)NCc1nn(C)cc1C(F)F)C2. The van der Waals surface area contributed by atoms with E-state index in [1.54, 1.807) is 11.9 Å². The zero-order valence-electron chi connectivity index (χ0n) is 14.4. The first-order valence-corrected chi connectivity index (χ1v) is 8.42. The van der Waals surface area contributed by atoms with Crippen molar-refractivity contribution in [2.45, 2.75) is 39.3 Å². The van der Waals surface area contributed by atoms with E-state index >= 15 is 0 Å². The molecule has 7 heteroatoms. The molecule has 0 aliphatic carbocycles. The Morgan fingerprint density at radius 3 is 2.88 bits per heavy atom. The number of benzene rings is 1. The third kappa shape index (κ3) is 3.81. The molecule has 0 unspecified atom stereocenters. The minimum atomic E-state index is -2.60. The Kier molecular flexibility index (Phi) is 5.01. The van der Waals surface area contributed by atoms with Crippen LogP contribution in [0.5, 0.6) is 0 Å². The number of nitrogens with zero attached hydrogens (tertiary/aromatic N) is 3. The summed E-state index contributed by atoms with van der Waals surface area (Å²) in [6.45, 7) is 3.28. The lowest BCUT2D eigenvalue weighted by atomic mass is 9.97. The van der Waals surface area contributed by atoms with Crippen molar-refractivity contribution in [3.05, 3.63) is 52.3 Å². The van der Waals surface area contributed by atoms with Crippen molar-refractivity contribution in [2.24, 2.45) is 7.05 Å². The maximum atomic E-state index is 13.0. The lowest BCUT2D eigenvalue weighted by Crippen LogP contribution is -2.42. The zero-order chi connectivity index (χ0) is 18.0. The van der Waals surface area contributed by atoms with E-state index in [-0.39, 0.29) is 23.8 Å². The molecule has 1 aliphatic heterocycles. The maximum Gasteiger partial charge on any atom is 0.318 e. The van der Waals surface area contributed by atoms with E-state index in [1.165, 1.54) is 22.0 Å². The molecule has 1 aromatic heterocycles. The number of rotatable bonds is 4. The van der Waals surface area contributed by atoms with Gasteiger partial charge >= 0.3 is 6.03 Å². The average molecular weight is 348 g/mol. The first-order valence-electron chi connectivity index (χ1n) is 8.42. The molecule has 1 aromatic carbocycles. The molecule has 2 aromatic rings. The topological polar surface area (TPSA) is 50.2 Å². The van der Waals surface area contributed by atoms with Gasteiger partial charge in [-0.2, -0.15) is 5.10 Å². The first kappa shape index (κ1) is 17.4. The smallest absolute Gasteiger partial charge is 0.318 e. The fourth-order valence-corrected chi connectivity index (χ4v) is 3.14. The standard InChI is InChI=1S/C18H22F2N4O/c1-3-12-4-5-14-10-24(7-6-13(14)8-12)18(25)21-9-16-15(17(19)20)11-23(2)22-16/h4-5,8,11,17H,3,6-7,9-10H2,1-2H3,(H,21,25). The number of amides is 2. The van der Waals surface area contributed by atoms with E-state index < -0.39 is 6.43 Å². The Hall–Kier alpha value is -2.44. The molecule has 0 fully saturated rings. The van der Waals surface area contributed by atoms with Crippen molar-refractivity contribution >= 4 is 6.03 Å². The number of fused-ring (bicyclic) bond motifs is 1. The summed E-state index contributed by atoms with van der Waals surface area (Å²) < 4.78 is 27.3. The van der Waals surface area contributed by atoms with E-state index in [2.05, 4.69) is 35.5 Å². The highest BCUT2D eigenvalue weighted by Crippen LogP contribution is 2.23. The molecular weight excluding hydrogens is 326 g/mol. The normalized spacial score (nSPS) is 13.9. The van der Waals surface area contributed by atoms with Gasteiger partial charge < -0.3 is 10.2 Å². The van der Waals surface area contributed by atoms with Crippen LogP contribution in [0.1, 0.15) is 41.3 Å². The van der Waals surface area contributed by atoms with Crippen molar-refractivity contribution < 1.29 is 13.6 Å². The van der Waals surface area contributed by atoms with E-state index in [1.807, 2.05) is 0 Å². The van der Waals surface area contributed by atoms with Crippen LogP contribution in [-0.4, -0.2) is 27.3 Å². The number of nitrogens with one attached hydrogen (secondary N) is 1. The summed E-state index contributed by atoms with van der Waals surface area (Å²) in [4.78, 5) is 14.1. The number of halogens is 2. The molecule has 0 bridgehead atoms. The summed E-state index contributed by atoms with van der Waals surface area (Å²) in [6, 6.07) is 6.11. The van der Waals surface area contributed by atoms with Gasteiger partial charge in [-0.15, -0.1) is 0 Å². The zero-order valence-corrected chi connectivity index (χ0v) is 14.4. The molecule has 2 amide bonds. The molecular formula is C18H22F2N4O. The second-order valence-electron chi connectivity index (χ2n) is 6.29. The Labute approximate surface area is 145 Å². The molecule has 0 saturated carbocycles. The molecule has 2 heterocycles. The first-order chi connectivity index (χ1) is 12.0. The van der Waals surface area contributed by atoms with E-state index in [0.29, 0.717) is 13.1 Å². The van der Waals surface area contributed by atoms with Crippen LogP contribution in [0, 0.1) is 0 Å². The lowest BCUT2D eigenvalue weighted by molar-refractivity contribution is 0.149. The molecule has 1 aliphatic rings. The Bertz CT molecular complexity index is 772. The number of aromatic nitrogens is 2. The Morgan fingerprint density at radius 2 is 2.16 bits per heavy atom. The molecule has 1 N–H and O–H groups in total. The number of carbonyl (C=O) groups is 1. The molecule has 0 radical (unpaired) electrons. The van der Waals surface area contributed by atoms with E-state index in [9.17, 15) is 13.6 Å². The van der Waals surface area contributed by atoms with Gasteiger partial charge in [0, 0.05) is 26.3 Å². The van der Waals surface area contributed by atoms with E-state index in [4.69, 9.17) is 0 Å². The summed E-state index contributed by atoms with van der Waals surface area (Å²) in [5.41, 5.74) is 3.79. The number of urea groups is 1. The highest BCUT2D eigenvalue weighted by molar-refractivity contribution is 5.74. The van der Waals surface area contributed by atoms with Crippen molar-refractivity contribution in [2.75, 3.05) is 6.54 Å². The largest absolute Gasteiger partial charge is 0.332 e. The number of alkyl halides is 2. The molecule has 0 spiro atoms. The number of carbonyl (C=O) groups excluding carboxylic acids is 1. The van der Waals surface area contributed by atoms with Gasteiger partial charge in [-0.1, -0.05) is 25.1 Å². The van der Waals surface area contributed by atoms with Gasteiger partial charge in [0.05, 0.1) is 17.8 Å². The lowest BCUT2D eigenvalue weighted by Gasteiger charge is -2.29. The van der Waals surface area contributed by atoms with Gasteiger partial charge in [0.2, 0.25) is 0 Å². The summed E-state index contributed by atoms with van der Waals surface area (Å²) in [5.74, 6) is 0. The third-order valence-electron chi connectivity index (χ3n) is 4.56. The van der Waals surface area contributed by atoms with Gasteiger partial charge in [-0.25, -0.2) is 13.6 Å². The maximum absolute atomic E-state index is 13.0. The van der Waals surface area contributed by atoms with Gasteiger partial charge in [0.1, 0.15) is 0 Å². The predicted octanol–water partition coefficient (Wildman–Crippen LogP) is 3.19. The fraction of sp³-hybridized carbons (Fsp3) is 0.444. The summed E-state index contributed by atoms with van der Waals surface area (Å²) in [7, 11) is 1.59. The van der Waals surface area contributed by atoms with Crippen molar-refractivity contribution in [1.82, 2.24) is 20.0 Å². The number of aryl methyl sites for hydroxylation is 2. The van der Waals surface area contributed by atoms with Gasteiger partial charge in [-0.3, -0.25) is 4.68 Å². The predicted molar refractivity (Wildman–Crippen MR) is 90.3 cm³/mol. The summed E-state index contributed by atoms with van der Waals surface area (Å²) >= 11 is 0. The Morgan fingerprint density at radius 1 is 1.36 bits per heavy atom. The van der Waals surface area contributed by atoms with Crippen molar-refractivity contribution in [3.8, 4) is 0 Å². The quantitative estimate of drug-likeness (QED) is 0.923. The molecule has 3 rings (SSSR count). The average Bonchev–Trinajstić information content (AvgIpc) is 2.99. The van der Waals surface area contributed by atoms with Crippen LogP contribution in [0.2, 0.25) is 0 Å². The number of hydrogen-bond acceptors (Lipinski definition) is 2. The van der Waals surface area contributed by atoms with Gasteiger partial charge in [0.15, 0.2) is 0 Å². The monoisotopic (exact) mass is 348 g/mol. The van der Waals surface area contributed by atoms with Gasteiger partial charge in [-0.05, 0) is 29.5 Å².